The van der Waals surface area contributed by atoms with E-state index in [2.05, 4.69) is 17.6 Å². The Balaban J connectivity index is 1.99. The summed E-state index contributed by atoms with van der Waals surface area (Å²) >= 11 is 11.5. The van der Waals surface area contributed by atoms with Crippen LogP contribution in [0.25, 0.3) is 0 Å². The minimum absolute atomic E-state index is 0.167. The van der Waals surface area contributed by atoms with Gasteiger partial charge in [0, 0.05) is 11.2 Å². The van der Waals surface area contributed by atoms with Crippen LogP contribution in [0.2, 0.25) is 5.02 Å². The van der Waals surface area contributed by atoms with Gasteiger partial charge in [-0.1, -0.05) is 31.4 Å². The molecule has 110 valence electrons. The molecule has 3 nitrogen and oxygen atoms in total. The minimum atomic E-state index is 0.167. The van der Waals surface area contributed by atoms with Gasteiger partial charge in [-0.15, -0.1) is 0 Å². The largest absolute Gasteiger partial charge is 0.495 e. The van der Waals surface area contributed by atoms with Gasteiger partial charge in [0.05, 0.1) is 12.1 Å². The van der Waals surface area contributed by atoms with Crippen LogP contribution in [0.1, 0.15) is 39.0 Å². The van der Waals surface area contributed by atoms with E-state index in [-0.39, 0.29) is 5.54 Å². The summed E-state index contributed by atoms with van der Waals surface area (Å²) in [6, 6.07) is 5.56. The molecule has 0 saturated heterocycles. The molecule has 1 aromatic rings. The fourth-order valence-corrected chi connectivity index (χ4v) is 3.36. The van der Waals surface area contributed by atoms with Crippen LogP contribution in [0.15, 0.2) is 18.2 Å². The van der Waals surface area contributed by atoms with Gasteiger partial charge in [0.2, 0.25) is 0 Å². The number of thiocarbonyl (C=S) groups is 1. The van der Waals surface area contributed by atoms with Crippen LogP contribution in [-0.4, -0.2) is 17.8 Å². The van der Waals surface area contributed by atoms with Gasteiger partial charge in [0.15, 0.2) is 5.11 Å². The van der Waals surface area contributed by atoms with E-state index in [1.807, 2.05) is 18.2 Å². The highest BCUT2D eigenvalue weighted by Gasteiger charge is 2.32. The Morgan fingerprint density at radius 2 is 2.10 bits per heavy atom. The van der Waals surface area contributed by atoms with Crippen molar-refractivity contribution in [2.75, 3.05) is 12.4 Å². The van der Waals surface area contributed by atoms with Crippen molar-refractivity contribution in [1.82, 2.24) is 5.32 Å². The average Bonchev–Trinajstić information content (AvgIpc) is 2.88. The number of anilines is 1. The van der Waals surface area contributed by atoms with E-state index in [1.54, 1.807) is 7.11 Å². The molecule has 0 spiro atoms. The van der Waals surface area contributed by atoms with Crippen LogP contribution >= 0.6 is 23.8 Å². The third-order valence-electron chi connectivity index (χ3n) is 4.03. The molecule has 0 aliphatic heterocycles. The van der Waals surface area contributed by atoms with Crippen molar-refractivity contribution in [1.29, 1.82) is 0 Å². The lowest BCUT2D eigenvalue weighted by Crippen LogP contribution is -2.47. The van der Waals surface area contributed by atoms with Gasteiger partial charge in [-0.05, 0) is 49.7 Å². The molecule has 1 aliphatic rings. The highest BCUT2D eigenvalue weighted by atomic mass is 35.5. The second kappa shape index (κ2) is 6.64. The molecule has 5 heteroatoms. The van der Waals surface area contributed by atoms with Crippen LogP contribution in [0.3, 0.4) is 0 Å². The third kappa shape index (κ3) is 3.55. The summed E-state index contributed by atoms with van der Waals surface area (Å²) in [6.07, 6.45) is 6.03. The van der Waals surface area contributed by atoms with E-state index < -0.39 is 0 Å². The Labute approximate surface area is 131 Å². The van der Waals surface area contributed by atoms with E-state index >= 15 is 0 Å². The maximum atomic E-state index is 6.11. The fourth-order valence-electron chi connectivity index (χ4n) is 2.77. The van der Waals surface area contributed by atoms with Gasteiger partial charge in [-0.2, -0.15) is 0 Å². The van der Waals surface area contributed by atoms with Crippen molar-refractivity contribution >= 4 is 34.6 Å². The van der Waals surface area contributed by atoms with Gasteiger partial charge >= 0.3 is 0 Å². The van der Waals surface area contributed by atoms with Gasteiger partial charge in [0.25, 0.3) is 0 Å². The summed E-state index contributed by atoms with van der Waals surface area (Å²) in [5.41, 5.74) is 1.04. The van der Waals surface area contributed by atoms with Crippen molar-refractivity contribution in [3.05, 3.63) is 23.2 Å². The predicted molar refractivity (Wildman–Crippen MR) is 88.9 cm³/mol. The normalized spacial score (nSPS) is 16.8. The Kier molecular flexibility index (Phi) is 5.11. The van der Waals surface area contributed by atoms with Gasteiger partial charge in [-0.3, -0.25) is 0 Å². The lowest BCUT2D eigenvalue weighted by atomic mass is 9.95. The second-order valence-electron chi connectivity index (χ2n) is 5.27. The van der Waals surface area contributed by atoms with Crippen LogP contribution in [0.4, 0.5) is 5.69 Å². The zero-order valence-electron chi connectivity index (χ0n) is 12.0. The SMILES string of the molecule is CCC1(NC(=S)Nc2ccc(OC)c(Cl)c2)CCCC1. The molecular weight excluding hydrogens is 292 g/mol. The zero-order chi connectivity index (χ0) is 14.6. The number of hydrogen-bond acceptors (Lipinski definition) is 2. The lowest BCUT2D eigenvalue weighted by molar-refractivity contribution is 0.378. The maximum absolute atomic E-state index is 6.11. The lowest BCUT2D eigenvalue weighted by Gasteiger charge is -2.30. The molecule has 0 bridgehead atoms. The molecule has 1 aliphatic carbocycles. The molecule has 20 heavy (non-hydrogen) atoms. The number of hydrogen-bond donors (Lipinski definition) is 2. The Bertz CT molecular complexity index is 487. The first-order valence-corrected chi connectivity index (χ1v) is 7.80. The van der Waals surface area contributed by atoms with E-state index in [0.29, 0.717) is 15.9 Å². The molecule has 1 saturated carbocycles. The maximum Gasteiger partial charge on any atom is 0.171 e. The van der Waals surface area contributed by atoms with Crippen LogP contribution in [0.5, 0.6) is 5.75 Å². The standard InChI is InChI=1S/C15H21ClN2OS/c1-3-15(8-4-5-9-15)18-14(20)17-11-6-7-13(19-2)12(16)10-11/h6-7,10H,3-5,8-9H2,1-2H3,(H2,17,18,20). The monoisotopic (exact) mass is 312 g/mol. The minimum Gasteiger partial charge on any atom is -0.495 e. The highest BCUT2D eigenvalue weighted by molar-refractivity contribution is 7.80. The second-order valence-corrected chi connectivity index (χ2v) is 6.08. The molecular formula is C15H21ClN2OS. The van der Waals surface area contributed by atoms with E-state index in [1.165, 1.54) is 25.7 Å². The topological polar surface area (TPSA) is 33.3 Å². The summed E-state index contributed by atoms with van der Waals surface area (Å²) in [5, 5.41) is 7.92. The molecule has 0 radical (unpaired) electrons. The van der Waals surface area contributed by atoms with Crippen molar-refractivity contribution in [3.8, 4) is 5.75 Å². The molecule has 0 aromatic heterocycles. The fraction of sp³-hybridized carbons (Fsp3) is 0.533. The Morgan fingerprint density at radius 1 is 1.40 bits per heavy atom. The number of benzene rings is 1. The summed E-state index contributed by atoms with van der Waals surface area (Å²) in [7, 11) is 1.60. The van der Waals surface area contributed by atoms with Gasteiger partial charge in [0.1, 0.15) is 5.75 Å². The highest BCUT2D eigenvalue weighted by Crippen LogP contribution is 2.32. The summed E-state index contributed by atoms with van der Waals surface area (Å²) in [4.78, 5) is 0. The van der Waals surface area contributed by atoms with Crippen LogP contribution < -0.4 is 15.4 Å². The number of rotatable bonds is 4. The first-order valence-electron chi connectivity index (χ1n) is 7.01. The predicted octanol–water partition coefficient (Wildman–Crippen LogP) is 4.36. The summed E-state index contributed by atoms with van der Waals surface area (Å²) < 4.78 is 5.14. The first-order chi connectivity index (χ1) is 9.58. The van der Waals surface area contributed by atoms with Crippen molar-refractivity contribution in [2.45, 2.75) is 44.6 Å². The third-order valence-corrected chi connectivity index (χ3v) is 4.53. The van der Waals surface area contributed by atoms with E-state index in [9.17, 15) is 0 Å². The molecule has 0 amide bonds. The smallest absolute Gasteiger partial charge is 0.171 e. The molecule has 2 N–H and O–H groups in total. The number of ether oxygens (including phenoxy) is 1. The molecule has 1 fully saturated rings. The average molecular weight is 313 g/mol. The summed E-state index contributed by atoms with van der Waals surface area (Å²) in [6.45, 7) is 2.21. The Hall–Kier alpha value is -1.00. The zero-order valence-corrected chi connectivity index (χ0v) is 13.5. The van der Waals surface area contributed by atoms with Crippen molar-refractivity contribution in [2.24, 2.45) is 0 Å². The molecule has 0 atom stereocenters. The van der Waals surface area contributed by atoms with E-state index in [0.717, 1.165) is 12.1 Å². The first kappa shape index (κ1) is 15.4. The number of halogens is 1. The van der Waals surface area contributed by atoms with Crippen molar-refractivity contribution in [3.63, 3.8) is 0 Å². The van der Waals surface area contributed by atoms with Crippen LogP contribution in [0, 0.1) is 0 Å². The Morgan fingerprint density at radius 3 is 2.65 bits per heavy atom. The van der Waals surface area contributed by atoms with Crippen molar-refractivity contribution < 1.29 is 4.74 Å². The molecule has 0 heterocycles. The summed E-state index contributed by atoms with van der Waals surface area (Å²) in [5.74, 6) is 0.664. The number of methoxy groups -OCH3 is 1. The quantitative estimate of drug-likeness (QED) is 0.809. The van der Waals surface area contributed by atoms with E-state index in [4.69, 9.17) is 28.6 Å². The number of nitrogens with one attached hydrogen (secondary N) is 2. The molecule has 0 unspecified atom stereocenters. The van der Waals surface area contributed by atoms with Crippen LogP contribution in [-0.2, 0) is 0 Å². The molecule has 2 rings (SSSR count). The van der Waals surface area contributed by atoms with Gasteiger partial charge < -0.3 is 15.4 Å². The van der Waals surface area contributed by atoms with Gasteiger partial charge in [-0.25, -0.2) is 0 Å². The molecule has 1 aromatic carbocycles.